The summed E-state index contributed by atoms with van der Waals surface area (Å²) < 4.78 is 42.5. The minimum Gasteiger partial charge on any atom is -0.363 e. The molecule has 1 aliphatic carbocycles. The number of nitrogens with zero attached hydrogens (tertiary/aromatic N) is 4. The molecule has 6 nitrogen and oxygen atoms in total. The standard InChI is InChI=1S/C30H30F3N5O/c1-18-22(5-4-6-24(18)30(31,32)33)19(2)35-27-23-15-21(7-8-25(23)38-17-34-16-26(38)36-27)20-9-13-37(14-10-20)28(39)29(3)11-12-29/h4-9,15-17,19H,10-14H2,1-3H3,(H,35,36)/t19-/m1/s1. The molecule has 0 unspecified atom stereocenters. The Morgan fingerprint density at radius 3 is 2.67 bits per heavy atom. The first-order valence-electron chi connectivity index (χ1n) is 13.2. The van der Waals surface area contributed by atoms with Crippen LogP contribution in [0.2, 0.25) is 0 Å². The molecule has 6 rings (SSSR count). The molecular formula is C30H30F3N5O. The fraction of sp³-hybridized carbons (Fsp3) is 0.367. The summed E-state index contributed by atoms with van der Waals surface area (Å²) in [4.78, 5) is 23.7. The molecule has 0 radical (unpaired) electrons. The minimum atomic E-state index is -4.42. The Labute approximate surface area is 224 Å². The third-order valence-electron chi connectivity index (χ3n) is 8.24. The number of hydrogen-bond acceptors (Lipinski definition) is 4. The van der Waals surface area contributed by atoms with E-state index in [-0.39, 0.29) is 16.9 Å². The van der Waals surface area contributed by atoms with E-state index in [0.717, 1.165) is 41.8 Å². The predicted octanol–water partition coefficient (Wildman–Crippen LogP) is 6.80. The summed E-state index contributed by atoms with van der Waals surface area (Å²) in [5, 5.41) is 4.23. The summed E-state index contributed by atoms with van der Waals surface area (Å²) in [6.45, 7) is 6.67. The van der Waals surface area contributed by atoms with E-state index in [1.807, 2.05) is 29.2 Å². The molecule has 3 heterocycles. The van der Waals surface area contributed by atoms with Gasteiger partial charge in [-0.15, -0.1) is 0 Å². The van der Waals surface area contributed by atoms with Gasteiger partial charge in [-0.05, 0) is 73.6 Å². The number of hydrogen-bond donors (Lipinski definition) is 1. The van der Waals surface area contributed by atoms with E-state index in [2.05, 4.69) is 28.5 Å². The van der Waals surface area contributed by atoms with Gasteiger partial charge in [0, 0.05) is 23.9 Å². The van der Waals surface area contributed by atoms with E-state index in [0.29, 0.717) is 30.1 Å². The molecule has 4 aromatic rings. The van der Waals surface area contributed by atoms with Crippen molar-refractivity contribution in [2.75, 3.05) is 18.4 Å². The zero-order chi connectivity index (χ0) is 27.5. The summed E-state index contributed by atoms with van der Waals surface area (Å²) in [5.74, 6) is 0.826. The highest BCUT2D eigenvalue weighted by atomic mass is 19.4. The van der Waals surface area contributed by atoms with Gasteiger partial charge in [0.15, 0.2) is 5.65 Å². The van der Waals surface area contributed by atoms with E-state index in [4.69, 9.17) is 4.98 Å². The number of alkyl halides is 3. The van der Waals surface area contributed by atoms with Crippen molar-refractivity contribution in [3.8, 4) is 0 Å². The molecule has 39 heavy (non-hydrogen) atoms. The quantitative estimate of drug-likeness (QED) is 0.307. The van der Waals surface area contributed by atoms with Gasteiger partial charge in [-0.25, -0.2) is 9.97 Å². The normalized spacial score (nSPS) is 17.8. The van der Waals surface area contributed by atoms with Crippen LogP contribution in [0.5, 0.6) is 0 Å². The van der Waals surface area contributed by atoms with Gasteiger partial charge in [0.1, 0.15) is 12.1 Å². The van der Waals surface area contributed by atoms with Crippen LogP contribution in [0.1, 0.15) is 61.4 Å². The van der Waals surface area contributed by atoms with E-state index >= 15 is 0 Å². The second kappa shape index (κ2) is 9.10. The van der Waals surface area contributed by atoms with Crippen molar-refractivity contribution in [3.63, 3.8) is 0 Å². The number of rotatable bonds is 5. The molecule has 1 fully saturated rings. The number of halogens is 3. The molecule has 1 atom stereocenters. The van der Waals surface area contributed by atoms with Crippen LogP contribution in [0.15, 0.2) is 55.0 Å². The zero-order valence-electron chi connectivity index (χ0n) is 22.1. The van der Waals surface area contributed by atoms with Crippen molar-refractivity contribution >= 4 is 33.8 Å². The van der Waals surface area contributed by atoms with Gasteiger partial charge < -0.3 is 10.2 Å². The topological polar surface area (TPSA) is 62.5 Å². The van der Waals surface area contributed by atoms with Gasteiger partial charge in [0.2, 0.25) is 5.91 Å². The maximum atomic E-state index is 13.5. The molecule has 202 valence electrons. The Kier molecular flexibility index (Phi) is 5.93. The third kappa shape index (κ3) is 4.53. The van der Waals surface area contributed by atoms with Crippen LogP contribution in [-0.4, -0.2) is 38.3 Å². The summed E-state index contributed by atoms with van der Waals surface area (Å²) in [6.07, 6.45) is 3.77. The van der Waals surface area contributed by atoms with Gasteiger partial charge in [-0.2, -0.15) is 13.2 Å². The molecule has 2 aromatic heterocycles. The van der Waals surface area contributed by atoms with Crippen LogP contribution in [0.25, 0.3) is 22.1 Å². The van der Waals surface area contributed by atoms with E-state index in [1.54, 1.807) is 18.6 Å². The van der Waals surface area contributed by atoms with Crippen molar-refractivity contribution in [2.24, 2.45) is 5.41 Å². The van der Waals surface area contributed by atoms with E-state index in [9.17, 15) is 18.0 Å². The number of nitrogens with one attached hydrogen (secondary N) is 1. The van der Waals surface area contributed by atoms with Crippen molar-refractivity contribution in [1.82, 2.24) is 19.3 Å². The average molecular weight is 534 g/mol. The zero-order valence-corrected chi connectivity index (χ0v) is 22.1. The molecule has 2 aliphatic rings. The van der Waals surface area contributed by atoms with Crippen molar-refractivity contribution < 1.29 is 18.0 Å². The lowest BCUT2D eigenvalue weighted by Gasteiger charge is -2.29. The first-order chi connectivity index (χ1) is 18.5. The molecule has 0 spiro atoms. The van der Waals surface area contributed by atoms with Crippen LogP contribution < -0.4 is 5.32 Å². The number of aromatic nitrogens is 3. The van der Waals surface area contributed by atoms with Gasteiger partial charge >= 0.3 is 6.18 Å². The number of amides is 1. The number of fused-ring (bicyclic) bond motifs is 3. The number of carbonyl (C=O) groups is 1. The van der Waals surface area contributed by atoms with Gasteiger partial charge in [0.05, 0.1) is 23.3 Å². The summed E-state index contributed by atoms with van der Waals surface area (Å²) in [5.41, 5.74) is 3.70. The van der Waals surface area contributed by atoms with E-state index < -0.39 is 17.8 Å². The number of carbonyl (C=O) groups excluding carboxylic acids is 1. The van der Waals surface area contributed by atoms with Crippen LogP contribution in [0.4, 0.5) is 19.0 Å². The SMILES string of the molecule is Cc1c([C@@H](C)Nc2nc3cncn3c3ccc(C4=CCN(C(=O)C5(C)CC5)CC4)cc23)cccc1C(F)(F)F. The summed E-state index contributed by atoms with van der Waals surface area (Å²) in [7, 11) is 0. The Morgan fingerprint density at radius 2 is 1.97 bits per heavy atom. The maximum absolute atomic E-state index is 13.5. The van der Waals surface area contributed by atoms with Gasteiger partial charge in [-0.1, -0.05) is 31.2 Å². The first-order valence-corrected chi connectivity index (χ1v) is 13.2. The Hall–Kier alpha value is -3.88. The summed E-state index contributed by atoms with van der Waals surface area (Å²) >= 11 is 0. The maximum Gasteiger partial charge on any atom is 0.416 e. The van der Waals surface area contributed by atoms with Crippen molar-refractivity contribution in [2.45, 2.75) is 52.3 Å². The third-order valence-corrected chi connectivity index (χ3v) is 8.24. The highest BCUT2D eigenvalue weighted by molar-refractivity contribution is 5.94. The lowest BCUT2D eigenvalue weighted by molar-refractivity contribution is -0.138. The average Bonchev–Trinajstić information content (AvgIpc) is 3.49. The Balaban J connectivity index is 1.35. The smallest absolute Gasteiger partial charge is 0.363 e. The van der Waals surface area contributed by atoms with Crippen LogP contribution in [-0.2, 0) is 11.0 Å². The molecule has 1 N–H and O–H groups in total. The molecule has 0 bridgehead atoms. The molecule has 1 saturated carbocycles. The fourth-order valence-electron chi connectivity index (χ4n) is 5.59. The summed E-state index contributed by atoms with van der Waals surface area (Å²) in [6, 6.07) is 10.0. The lowest BCUT2D eigenvalue weighted by atomic mass is 9.96. The molecule has 1 amide bonds. The van der Waals surface area contributed by atoms with Gasteiger partial charge in [-0.3, -0.25) is 9.20 Å². The highest BCUT2D eigenvalue weighted by Crippen LogP contribution is 2.47. The van der Waals surface area contributed by atoms with Crippen molar-refractivity contribution in [1.29, 1.82) is 0 Å². The molecular weight excluding hydrogens is 503 g/mol. The van der Waals surface area contributed by atoms with Gasteiger partial charge in [0.25, 0.3) is 0 Å². The fourth-order valence-corrected chi connectivity index (χ4v) is 5.59. The second-order valence-electron chi connectivity index (χ2n) is 11.0. The number of anilines is 1. The minimum absolute atomic E-state index is 0.175. The number of benzene rings is 2. The Morgan fingerprint density at radius 1 is 1.18 bits per heavy atom. The Bertz CT molecular complexity index is 1630. The largest absolute Gasteiger partial charge is 0.416 e. The highest BCUT2D eigenvalue weighted by Gasteiger charge is 2.47. The molecule has 9 heteroatoms. The molecule has 1 aliphatic heterocycles. The second-order valence-corrected chi connectivity index (χ2v) is 11.0. The predicted molar refractivity (Wildman–Crippen MR) is 145 cm³/mol. The molecule has 2 aromatic carbocycles. The molecule has 0 saturated heterocycles. The van der Waals surface area contributed by atoms with Crippen LogP contribution in [0, 0.1) is 12.3 Å². The van der Waals surface area contributed by atoms with Crippen LogP contribution >= 0.6 is 0 Å². The monoisotopic (exact) mass is 533 g/mol. The van der Waals surface area contributed by atoms with Crippen LogP contribution in [0.3, 0.4) is 0 Å². The lowest BCUT2D eigenvalue weighted by Crippen LogP contribution is -2.38. The van der Waals surface area contributed by atoms with Crippen molar-refractivity contribution in [3.05, 3.63) is 77.3 Å². The number of imidazole rings is 1. The first kappa shape index (κ1) is 25.4. The van der Waals surface area contributed by atoms with E-state index in [1.165, 1.54) is 18.6 Å².